The molecular weight excluding hydrogens is 296 g/mol. The first-order chi connectivity index (χ1) is 10.8. The van der Waals surface area contributed by atoms with Gasteiger partial charge < -0.3 is 15.3 Å². The number of carboxylic acid groups (broad SMARTS) is 1. The van der Waals surface area contributed by atoms with E-state index in [0.29, 0.717) is 24.9 Å². The summed E-state index contributed by atoms with van der Waals surface area (Å²) in [4.78, 5) is 37.6. The van der Waals surface area contributed by atoms with E-state index in [0.717, 1.165) is 0 Å². The monoisotopic (exact) mass is 318 g/mol. The summed E-state index contributed by atoms with van der Waals surface area (Å²) < 4.78 is 0. The van der Waals surface area contributed by atoms with Crippen molar-refractivity contribution in [3.63, 3.8) is 0 Å². The number of hydrogen-bond acceptors (Lipinski definition) is 3. The molecule has 0 aromatic heterocycles. The molecule has 0 radical (unpaired) electrons. The van der Waals surface area contributed by atoms with Crippen molar-refractivity contribution in [1.82, 2.24) is 10.2 Å². The van der Waals surface area contributed by atoms with Gasteiger partial charge in [0, 0.05) is 18.7 Å². The van der Waals surface area contributed by atoms with E-state index in [9.17, 15) is 14.4 Å². The van der Waals surface area contributed by atoms with E-state index < -0.39 is 17.4 Å². The Balaban J connectivity index is 2.05. The molecular formula is C17H22N2O4. The highest BCUT2D eigenvalue weighted by Crippen LogP contribution is 2.20. The molecule has 1 heterocycles. The van der Waals surface area contributed by atoms with Crippen LogP contribution in [0.4, 0.5) is 0 Å². The minimum absolute atomic E-state index is 0.193. The Morgan fingerprint density at radius 1 is 1.22 bits per heavy atom. The molecule has 1 saturated heterocycles. The van der Waals surface area contributed by atoms with Gasteiger partial charge in [0.05, 0.1) is 5.92 Å². The number of benzene rings is 1. The molecule has 1 aliphatic rings. The molecule has 1 unspecified atom stereocenters. The van der Waals surface area contributed by atoms with Crippen molar-refractivity contribution in [2.45, 2.75) is 32.2 Å². The summed E-state index contributed by atoms with van der Waals surface area (Å²) in [7, 11) is 0. The second kappa shape index (κ2) is 6.81. The fourth-order valence-electron chi connectivity index (χ4n) is 2.76. The van der Waals surface area contributed by atoms with Crippen molar-refractivity contribution in [2.24, 2.45) is 5.92 Å². The van der Waals surface area contributed by atoms with E-state index in [1.54, 1.807) is 38.1 Å². The smallest absolute Gasteiger partial charge is 0.308 e. The predicted molar refractivity (Wildman–Crippen MR) is 84.9 cm³/mol. The van der Waals surface area contributed by atoms with Crippen LogP contribution in [-0.2, 0) is 9.59 Å². The molecule has 0 aliphatic carbocycles. The number of carboxylic acids is 1. The molecule has 0 saturated carbocycles. The summed E-state index contributed by atoms with van der Waals surface area (Å²) >= 11 is 0. The van der Waals surface area contributed by atoms with Crippen LogP contribution >= 0.6 is 0 Å². The molecule has 0 spiro atoms. The Hall–Kier alpha value is -2.37. The number of piperidine rings is 1. The number of carbonyl (C=O) groups excluding carboxylic acids is 2. The Labute approximate surface area is 135 Å². The van der Waals surface area contributed by atoms with Gasteiger partial charge in [-0.2, -0.15) is 0 Å². The van der Waals surface area contributed by atoms with E-state index in [2.05, 4.69) is 5.32 Å². The molecule has 2 amide bonds. The number of likely N-dealkylation sites (tertiary alicyclic amines) is 1. The van der Waals surface area contributed by atoms with Crippen LogP contribution in [0.25, 0.3) is 0 Å². The van der Waals surface area contributed by atoms with Gasteiger partial charge in [-0.05, 0) is 38.8 Å². The second-order valence-corrected chi connectivity index (χ2v) is 6.37. The summed E-state index contributed by atoms with van der Waals surface area (Å²) in [6.45, 7) is 3.99. The van der Waals surface area contributed by atoms with Crippen molar-refractivity contribution in [2.75, 3.05) is 13.1 Å². The lowest BCUT2D eigenvalue weighted by Gasteiger charge is -2.36. The molecule has 23 heavy (non-hydrogen) atoms. The van der Waals surface area contributed by atoms with Gasteiger partial charge in [-0.1, -0.05) is 18.2 Å². The standard InChI is InChI=1S/C17H22N2O4/c1-17(2,18-14(20)12-7-4-3-5-8-12)16(23)19-10-6-9-13(11-19)15(21)22/h3-5,7-8,13H,6,9-11H2,1-2H3,(H,18,20)(H,21,22). The highest BCUT2D eigenvalue weighted by molar-refractivity contribution is 5.99. The molecule has 0 bridgehead atoms. The number of amides is 2. The van der Waals surface area contributed by atoms with Crippen molar-refractivity contribution in [1.29, 1.82) is 0 Å². The van der Waals surface area contributed by atoms with Crippen molar-refractivity contribution in [3.05, 3.63) is 35.9 Å². The summed E-state index contributed by atoms with van der Waals surface area (Å²) in [6, 6.07) is 8.68. The minimum Gasteiger partial charge on any atom is -0.481 e. The van der Waals surface area contributed by atoms with Crippen molar-refractivity contribution >= 4 is 17.8 Å². The van der Waals surface area contributed by atoms with Crippen LogP contribution in [0.5, 0.6) is 0 Å². The van der Waals surface area contributed by atoms with Crippen LogP contribution < -0.4 is 5.32 Å². The van der Waals surface area contributed by atoms with E-state index in [-0.39, 0.29) is 18.4 Å². The van der Waals surface area contributed by atoms with Crippen LogP contribution in [0.1, 0.15) is 37.0 Å². The maximum Gasteiger partial charge on any atom is 0.308 e. The molecule has 1 aliphatic heterocycles. The Morgan fingerprint density at radius 2 is 1.87 bits per heavy atom. The van der Waals surface area contributed by atoms with Crippen molar-refractivity contribution < 1.29 is 19.5 Å². The zero-order valence-electron chi connectivity index (χ0n) is 13.4. The summed E-state index contributed by atoms with van der Waals surface area (Å²) in [5, 5.41) is 11.9. The van der Waals surface area contributed by atoms with Gasteiger partial charge >= 0.3 is 5.97 Å². The largest absolute Gasteiger partial charge is 0.481 e. The van der Waals surface area contributed by atoms with Crippen LogP contribution in [0, 0.1) is 5.92 Å². The fraction of sp³-hybridized carbons (Fsp3) is 0.471. The van der Waals surface area contributed by atoms with Crippen LogP contribution in [0.3, 0.4) is 0 Å². The maximum absolute atomic E-state index is 12.7. The number of hydrogen-bond donors (Lipinski definition) is 2. The van der Waals surface area contributed by atoms with Gasteiger partial charge in [-0.25, -0.2) is 0 Å². The highest BCUT2D eigenvalue weighted by atomic mass is 16.4. The Morgan fingerprint density at radius 3 is 2.48 bits per heavy atom. The average molecular weight is 318 g/mol. The average Bonchev–Trinajstić information content (AvgIpc) is 2.54. The minimum atomic E-state index is -1.09. The molecule has 1 atom stereocenters. The number of aliphatic carboxylic acids is 1. The zero-order chi connectivity index (χ0) is 17.0. The van der Waals surface area contributed by atoms with Crippen LogP contribution in [0.2, 0.25) is 0 Å². The van der Waals surface area contributed by atoms with Gasteiger partial charge in [-0.15, -0.1) is 0 Å². The summed E-state index contributed by atoms with van der Waals surface area (Å²) in [6.07, 6.45) is 1.24. The van der Waals surface area contributed by atoms with Crippen LogP contribution in [0.15, 0.2) is 30.3 Å². The highest BCUT2D eigenvalue weighted by Gasteiger charge is 2.37. The quantitative estimate of drug-likeness (QED) is 0.881. The van der Waals surface area contributed by atoms with Crippen LogP contribution in [-0.4, -0.2) is 46.4 Å². The SMILES string of the molecule is CC(C)(NC(=O)c1ccccc1)C(=O)N1CCCC(C(=O)O)C1. The predicted octanol–water partition coefficient (Wildman–Crippen LogP) is 1.52. The first-order valence-corrected chi connectivity index (χ1v) is 7.71. The lowest BCUT2D eigenvalue weighted by atomic mass is 9.95. The third-order valence-electron chi connectivity index (χ3n) is 4.05. The van der Waals surface area contributed by atoms with Gasteiger partial charge in [0.15, 0.2) is 0 Å². The van der Waals surface area contributed by atoms with E-state index in [1.165, 1.54) is 4.90 Å². The molecule has 2 rings (SSSR count). The lowest BCUT2D eigenvalue weighted by molar-refractivity contribution is -0.147. The molecule has 6 nitrogen and oxygen atoms in total. The Kier molecular flexibility index (Phi) is 5.03. The topological polar surface area (TPSA) is 86.7 Å². The molecule has 124 valence electrons. The molecule has 1 aromatic rings. The zero-order valence-corrected chi connectivity index (χ0v) is 13.4. The van der Waals surface area contributed by atoms with E-state index in [1.807, 2.05) is 6.07 Å². The van der Waals surface area contributed by atoms with E-state index in [4.69, 9.17) is 5.11 Å². The maximum atomic E-state index is 12.7. The first kappa shape index (κ1) is 17.0. The number of rotatable bonds is 4. The molecule has 1 aromatic carbocycles. The fourth-order valence-corrected chi connectivity index (χ4v) is 2.76. The van der Waals surface area contributed by atoms with E-state index >= 15 is 0 Å². The molecule has 2 N–H and O–H groups in total. The van der Waals surface area contributed by atoms with Gasteiger partial charge in [0.1, 0.15) is 5.54 Å². The number of nitrogens with zero attached hydrogens (tertiary/aromatic N) is 1. The van der Waals surface area contributed by atoms with Crippen molar-refractivity contribution in [3.8, 4) is 0 Å². The summed E-state index contributed by atoms with van der Waals surface area (Å²) in [5.41, 5.74) is -0.608. The molecule has 1 fully saturated rings. The normalized spacial score (nSPS) is 18.3. The van der Waals surface area contributed by atoms with Gasteiger partial charge in [-0.3, -0.25) is 14.4 Å². The molecule has 6 heteroatoms. The second-order valence-electron chi connectivity index (χ2n) is 6.37. The third-order valence-corrected chi connectivity index (χ3v) is 4.05. The van der Waals surface area contributed by atoms with Gasteiger partial charge in [0.25, 0.3) is 5.91 Å². The number of carbonyl (C=O) groups is 3. The Bertz CT molecular complexity index is 598. The third kappa shape index (κ3) is 4.09. The summed E-state index contributed by atoms with van der Waals surface area (Å²) in [5.74, 6) is -1.99. The van der Waals surface area contributed by atoms with Gasteiger partial charge in [0.2, 0.25) is 5.91 Å². The first-order valence-electron chi connectivity index (χ1n) is 7.71. The lowest BCUT2D eigenvalue weighted by Crippen LogP contribution is -2.58. The number of nitrogens with one attached hydrogen (secondary N) is 1.